The first-order valence-corrected chi connectivity index (χ1v) is 6.82. The Hall–Kier alpha value is -1.34. The van der Waals surface area contributed by atoms with Crippen molar-refractivity contribution < 1.29 is 0 Å². The van der Waals surface area contributed by atoms with Crippen molar-refractivity contribution in [2.24, 2.45) is 0 Å². The maximum Gasteiger partial charge on any atom is 0.0221 e. The summed E-state index contributed by atoms with van der Waals surface area (Å²) in [6.07, 6.45) is 2.21. The van der Waals surface area contributed by atoms with Crippen molar-refractivity contribution in [2.75, 3.05) is 5.33 Å². The molecule has 0 radical (unpaired) electrons. The minimum absolute atomic E-state index is 0.866. The molecule has 0 atom stereocenters. The zero-order valence-electron chi connectivity index (χ0n) is 9.86. The smallest absolute Gasteiger partial charge is 0.0221 e. The van der Waals surface area contributed by atoms with Gasteiger partial charge < -0.3 is 0 Å². The van der Waals surface area contributed by atoms with E-state index in [-0.39, 0.29) is 0 Å². The van der Waals surface area contributed by atoms with Crippen LogP contribution >= 0.6 is 15.9 Å². The van der Waals surface area contributed by atoms with Crippen LogP contribution in [0.3, 0.4) is 0 Å². The molecule has 0 fully saturated rings. The number of rotatable bonds is 3. The van der Waals surface area contributed by atoms with E-state index in [0.29, 0.717) is 0 Å². The van der Waals surface area contributed by atoms with Gasteiger partial charge in [0.2, 0.25) is 0 Å². The molecule has 0 unspecified atom stereocenters. The number of aryl methyl sites for hydroxylation is 1. The van der Waals surface area contributed by atoms with Gasteiger partial charge in [-0.25, -0.2) is 0 Å². The third-order valence-electron chi connectivity index (χ3n) is 2.70. The van der Waals surface area contributed by atoms with Crippen LogP contribution in [0.4, 0.5) is 0 Å². The summed E-state index contributed by atoms with van der Waals surface area (Å²) in [5.41, 5.74) is 5.11. The summed E-state index contributed by atoms with van der Waals surface area (Å²) >= 11 is 3.49. The predicted octanol–water partition coefficient (Wildman–Crippen LogP) is 4.82. The topological polar surface area (TPSA) is 0 Å². The molecule has 2 aromatic carbocycles. The Labute approximate surface area is 111 Å². The summed E-state index contributed by atoms with van der Waals surface area (Å²) in [6.45, 7) is 2.13. The Morgan fingerprint density at radius 1 is 1.00 bits per heavy atom. The van der Waals surface area contributed by atoms with E-state index in [0.717, 1.165) is 5.33 Å². The first kappa shape index (κ1) is 12.1. The largest absolute Gasteiger partial charge is 0.0883 e. The Bertz CT molecular complexity index is 512. The molecule has 1 heteroatoms. The van der Waals surface area contributed by atoms with E-state index in [4.69, 9.17) is 0 Å². The second-order valence-corrected chi connectivity index (χ2v) is 4.66. The molecule has 86 valence electrons. The average Bonchev–Trinajstić information content (AvgIpc) is 2.37. The standard InChI is InChI=1S/C16H15Br/c1-13-6-5-9-15(12-13)16(10-11-17)14-7-3-2-4-8-14/h2-10,12H,11H2,1H3/b16-10+. The fraction of sp³-hybridized carbons (Fsp3) is 0.125. The molecular formula is C16H15Br. The van der Waals surface area contributed by atoms with E-state index < -0.39 is 0 Å². The highest BCUT2D eigenvalue weighted by atomic mass is 79.9. The molecule has 0 aliphatic heterocycles. The van der Waals surface area contributed by atoms with E-state index in [1.807, 2.05) is 6.07 Å². The highest BCUT2D eigenvalue weighted by Crippen LogP contribution is 2.24. The molecular weight excluding hydrogens is 272 g/mol. The molecule has 0 aliphatic rings. The fourth-order valence-electron chi connectivity index (χ4n) is 1.91. The Morgan fingerprint density at radius 2 is 1.71 bits per heavy atom. The van der Waals surface area contributed by atoms with Crippen LogP contribution in [-0.2, 0) is 0 Å². The number of allylic oxidation sites excluding steroid dienone is 1. The molecule has 0 saturated carbocycles. The van der Waals surface area contributed by atoms with E-state index in [1.165, 1.54) is 22.3 Å². The van der Waals surface area contributed by atoms with E-state index in [9.17, 15) is 0 Å². The van der Waals surface area contributed by atoms with Gasteiger partial charge in [-0.05, 0) is 23.6 Å². The van der Waals surface area contributed by atoms with Gasteiger partial charge in [-0.15, -0.1) is 0 Å². The molecule has 0 heterocycles. The summed E-state index contributed by atoms with van der Waals surface area (Å²) in [4.78, 5) is 0. The molecule has 0 nitrogen and oxygen atoms in total. The minimum atomic E-state index is 0.866. The molecule has 2 aromatic rings. The van der Waals surface area contributed by atoms with Crippen LogP contribution < -0.4 is 0 Å². The first-order chi connectivity index (χ1) is 8.31. The third-order valence-corrected chi connectivity index (χ3v) is 3.02. The van der Waals surface area contributed by atoms with Gasteiger partial charge in [0.25, 0.3) is 0 Å². The monoisotopic (exact) mass is 286 g/mol. The van der Waals surface area contributed by atoms with Gasteiger partial charge in [-0.3, -0.25) is 0 Å². The van der Waals surface area contributed by atoms with Crippen LogP contribution in [0.1, 0.15) is 16.7 Å². The quantitative estimate of drug-likeness (QED) is 0.710. The van der Waals surface area contributed by atoms with Gasteiger partial charge in [0.15, 0.2) is 0 Å². The van der Waals surface area contributed by atoms with E-state index in [1.54, 1.807) is 0 Å². The Balaban J connectivity index is 2.47. The van der Waals surface area contributed by atoms with Crippen LogP contribution in [0.25, 0.3) is 5.57 Å². The maximum absolute atomic E-state index is 3.49. The van der Waals surface area contributed by atoms with Gasteiger partial charge >= 0.3 is 0 Å². The maximum atomic E-state index is 3.49. The van der Waals surface area contributed by atoms with Crippen LogP contribution in [-0.4, -0.2) is 5.33 Å². The van der Waals surface area contributed by atoms with Crippen molar-refractivity contribution in [3.05, 3.63) is 77.4 Å². The van der Waals surface area contributed by atoms with Crippen molar-refractivity contribution in [1.82, 2.24) is 0 Å². The normalized spacial score (nSPS) is 11.5. The highest BCUT2D eigenvalue weighted by Gasteiger charge is 2.03. The highest BCUT2D eigenvalue weighted by molar-refractivity contribution is 9.09. The summed E-state index contributed by atoms with van der Waals surface area (Å²) < 4.78 is 0. The van der Waals surface area contributed by atoms with E-state index >= 15 is 0 Å². The van der Waals surface area contributed by atoms with Crippen LogP contribution in [0.5, 0.6) is 0 Å². The lowest BCUT2D eigenvalue weighted by atomic mass is 9.97. The minimum Gasteiger partial charge on any atom is -0.0883 e. The Morgan fingerprint density at radius 3 is 2.35 bits per heavy atom. The van der Waals surface area contributed by atoms with E-state index in [2.05, 4.69) is 77.5 Å². The van der Waals surface area contributed by atoms with Crippen molar-refractivity contribution in [2.45, 2.75) is 6.92 Å². The third kappa shape index (κ3) is 3.07. The summed E-state index contributed by atoms with van der Waals surface area (Å²) in [5.74, 6) is 0. The number of hydrogen-bond donors (Lipinski definition) is 0. The van der Waals surface area contributed by atoms with Gasteiger partial charge in [0.05, 0.1) is 0 Å². The average molecular weight is 287 g/mol. The molecule has 0 spiro atoms. The van der Waals surface area contributed by atoms with Gasteiger partial charge in [0.1, 0.15) is 0 Å². The number of benzene rings is 2. The zero-order valence-corrected chi connectivity index (χ0v) is 11.4. The van der Waals surface area contributed by atoms with Crippen molar-refractivity contribution in [3.8, 4) is 0 Å². The lowest BCUT2D eigenvalue weighted by molar-refractivity contribution is 1.43. The summed E-state index contributed by atoms with van der Waals surface area (Å²) in [6, 6.07) is 19.1. The van der Waals surface area contributed by atoms with Crippen LogP contribution in [0.2, 0.25) is 0 Å². The molecule has 0 aromatic heterocycles. The summed E-state index contributed by atoms with van der Waals surface area (Å²) in [5, 5.41) is 0.866. The second kappa shape index (κ2) is 5.83. The van der Waals surface area contributed by atoms with Crippen LogP contribution in [0, 0.1) is 6.92 Å². The molecule has 0 aliphatic carbocycles. The number of halogens is 1. The predicted molar refractivity (Wildman–Crippen MR) is 78.5 cm³/mol. The van der Waals surface area contributed by atoms with Crippen molar-refractivity contribution in [1.29, 1.82) is 0 Å². The lowest BCUT2D eigenvalue weighted by Crippen LogP contribution is -1.89. The first-order valence-electron chi connectivity index (χ1n) is 5.70. The van der Waals surface area contributed by atoms with Crippen LogP contribution in [0.15, 0.2) is 60.7 Å². The zero-order chi connectivity index (χ0) is 12.1. The van der Waals surface area contributed by atoms with Gasteiger partial charge in [0, 0.05) is 5.33 Å². The number of hydrogen-bond acceptors (Lipinski definition) is 0. The van der Waals surface area contributed by atoms with Crippen molar-refractivity contribution in [3.63, 3.8) is 0 Å². The molecule has 0 amide bonds. The molecule has 2 rings (SSSR count). The molecule has 0 N–H and O–H groups in total. The van der Waals surface area contributed by atoms with Gasteiger partial charge in [-0.2, -0.15) is 0 Å². The van der Waals surface area contributed by atoms with Gasteiger partial charge in [-0.1, -0.05) is 82.2 Å². The second-order valence-electron chi connectivity index (χ2n) is 4.01. The molecule has 0 bridgehead atoms. The SMILES string of the molecule is Cc1cccc(/C(=C/CBr)c2ccccc2)c1. The molecule has 17 heavy (non-hydrogen) atoms. The Kier molecular flexibility index (Phi) is 4.16. The summed E-state index contributed by atoms with van der Waals surface area (Å²) in [7, 11) is 0. The fourth-order valence-corrected chi connectivity index (χ4v) is 2.23. The lowest BCUT2D eigenvalue weighted by Gasteiger charge is -2.08. The molecule has 0 saturated heterocycles. The van der Waals surface area contributed by atoms with Crippen molar-refractivity contribution >= 4 is 21.5 Å². The number of alkyl halides is 1.